The highest BCUT2D eigenvalue weighted by atomic mass is 32.2. The van der Waals surface area contributed by atoms with E-state index in [1.54, 1.807) is 0 Å². The van der Waals surface area contributed by atoms with Gasteiger partial charge in [0.15, 0.2) is 0 Å². The molecule has 14 heavy (non-hydrogen) atoms. The molecule has 0 aliphatic heterocycles. The molecule has 0 heterocycles. The zero-order valence-electron chi connectivity index (χ0n) is 10.5. The molecule has 0 saturated heterocycles. The molecule has 0 aromatic rings. The van der Waals surface area contributed by atoms with E-state index in [1.807, 2.05) is 11.8 Å². The molecule has 0 aliphatic rings. The van der Waals surface area contributed by atoms with Crippen LogP contribution in [0.2, 0.25) is 0 Å². The van der Waals surface area contributed by atoms with Crippen LogP contribution in [0, 0.1) is 11.3 Å². The van der Waals surface area contributed by atoms with Crippen LogP contribution >= 0.6 is 11.8 Å². The maximum absolute atomic E-state index is 3.54. The first-order valence-electron chi connectivity index (χ1n) is 5.76. The first-order chi connectivity index (χ1) is 6.48. The van der Waals surface area contributed by atoms with Crippen molar-refractivity contribution in [3.63, 3.8) is 0 Å². The average molecular weight is 217 g/mol. The van der Waals surface area contributed by atoms with Crippen molar-refractivity contribution in [1.82, 2.24) is 5.32 Å². The van der Waals surface area contributed by atoms with Gasteiger partial charge in [-0.05, 0) is 35.8 Å². The number of thioether (sulfide) groups is 1. The zero-order chi connectivity index (χ0) is 11.0. The van der Waals surface area contributed by atoms with Gasteiger partial charge < -0.3 is 5.32 Å². The lowest BCUT2D eigenvalue weighted by Crippen LogP contribution is -2.32. The highest BCUT2D eigenvalue weighted by Gasteiger charge is 2.16. The Hall–Kier alpha value is 0.310. The van der Waals surface area contributed by atoms with Crippen LogP contribution in [0.3, 0.4) is 0 Å². The number of nitrogens with one attached hydrogen (secondary N) is 1. The van der Waals surface area contributed by atoms with Crippen molar-refractivity contribution in [3.05, 3.63) is 0 Å². The normalized spacial score (nSPS) is 12.4. The van der Waals surface area contributed by atoms with Crippen molar-refractivity contribution in [2.24, 2.45) is 11.3 Å². The summed E-state index contributed by atoms with van der Waals surface area (Å²) in [5, 5.41) is 3.54. The Balaban J connectivity index is 3.50. The van der Waals surface area contributed by atoms with Gasteiger partial charge in [0.2, 0.25) is 0 Å². The second-order valence-corrected chi connectivity index (χ2v) is 6.53. The molecule has 0 rings (SSSR count). The SMILES string of the molecule is CCSCCC(C)(C)CNCC(C)C. The molecule has 0 aromatic heterocycles. The van der Waals surface area contributed by atoms with Crippen LogP contribution in [0.15, 0.2) is 0 Å². The third-order valence-corrected chi connectivity index (χ3v) is 3.18. The van der Waals surface area contributed by atoms with Gasteiger partial charge in [0.05, 0.1) is 0 Å². The fraction of sp³-hybridized carbons (Fsp3) is 1.00. The van der Waals surface area contributed by atoms with E-state index in [-0.39, 0.29) is 0 Å². The standard InChI is InChI=1S/C12H27NS/c1-6-14-8-7-12(4,5)10-13-9-11(2)3/h11,13H,6-10H2,1-5H3. The Bertz CT molecular complexity index is 132. The summed E-state index contributed by atoms with van der Waals surface area (Å²) < 4.78 is 0. The molecule has 0 radical (unpaired) electrons. The monoisotopic (exact) mass is 217 g/mol. The third kappa shape index (κ3) is 8.89. The second-order valence-electron chi connectivity index (χ2n) is 5.14. The lowest BCUT2D eigenvalue weighted by atomic mass is 9.90. The fourth-order valence-corrected chi connectivity index (χ4v) is 2.27. The molecule has 0 aliphatic carbocycles. The predicted octanol–water partition coefficient (Wildman–Crippen LogP) is 3.40. The maximum atomic E-state index is 3.54. The zero-order valence-corrected chi connectivity index (χ0v) is 11.3. The van der Waals surface area contributed by atoms with E-state index in [2.05, 4.69) is 39.9 Å². The molecule has 0 amide bonds. The Kier molecular flexibility index (Phi) is 7.75. The highest BCUT2D eigenvalue weighted by molar-refractivity contribution is 7.99. The van der Waals surface area contributed by atoms with Gasteiger partial charge in [-0.1, -0.05) is 34.6 Å². The van der Waals surface area contributed by atoms with Gasteiger partial charge in [-0.15, -0.1) is 0 Å². The molecule has 0 saturated carbocycles. The van der Waals surface area contributed by atoms with E-state index in [9.17, 15) is 0 Å². The van der Waals surface area contributed by atoms with E-state index in [0.29, 0.717) is 5.41 Å². The van der Waals surface area contributed by atoms with Crippen LogP contribution in [0.5, 0.6) is 0 Å². The summed E-state index contributed by atoms with van der Waals surface area (Å²) in [6.45, 7) is 13.8. The fourth-order valence-electron chi connectivity index (χ4n) is 1.28. The summed E-state index contributed by atoms with van der Waals surface area (Å²) in [6.07, 6.45) is 1.32. The molecular weight excluding hydrogens is 190 g/mol. The largest absolute Gasteiger partial charge is 0.316 e. The minimum atomic E-state index is 0.455. The second kappa shape index (κ2) is 7.58. The van der Waals surface area contributed by atoms with Gasteiger partial charge >= 0.3 is 0 Å². The van der Waals surface area contributed by atoms with Crippen LogP contribution in [0.4, 0.5) is 0 Å². The first-order valence-corrected chi connectivity index (χ1v) is 6.92. The van der Waals surface area contributed by atoms with Gasteiger partial charge in [-0.3, -0.25) is 0 Å². The van der Waals surface area contributed by atoms with E-state index < -0.39 is 0 Å². The van der Waals surface area contributed by atoms with E-state index in [4.69, 9.17) is 0 Å². The summed E-state index contributed by atoms with van der Waals surface area (Å²) in [5.74, 6) is 3.30. The molecule has 0 bridgehead atoms. The Morgan fingerprint density at radius 3 is 2.43 bits per heavy atom. The van der Waals surface area contributed by atoms with Crippen molar-refractivity contribution in [2.75, 3.05) is 24.6 Å². The first kappa shape index (κ1) is 14.3. The molecule has 2 heteroatoms. The minimum Gasteiger partial charge on any atom is -0.316 e. The molecule has 0 fully saturated rings. The summed E-state index contributed by atoms with van der Waals surface area (Å²) >= 11 is 2.05. The number of rotatable bonds is 8. The Labute approximate surface area is 94.4 Å². The predicted molar refractivity (Wildman–Crippen MR) is 69.1 cm³/mol. The van der Waals surface area contributed by atoms with Gasteiger partial charge in [0.1, 0.15) is 0 Å². The van der Waals surface area contributed by atoms with Gasteiger partial charge in [0, 0.05) is 6.54 Å². The average Bonchev–Trinajstić information content (AvgIpc) is 2.03. The van der Waals surface area contributed by atoms with Crippen molar-refractivity contribution in [3.8, 4) is 0 Å². The van der Waals surface area contributed by atoms with Gasteiger partial charge in [-0.2, -0.15) is 11.8 Å². The minimum absolute atomic E-state index is 0.455. The molecule has 0 spiro atoms. The molecule has 0 unspecified atom stereocenters. The van der Waals surface area contributed by atoms with E-state index in [1.165, 1.54) is 17.9 Å². The molecule has 1 N–H and O–H groups in total. The van der Waals surface area contributed by atoms with Crippen molar-refractivity contribution in [1.29, 1.82) is 0 Å². The molecule has 1 nitrogen and oxygen atoms in total. The van der Waals surface area contributed by atoms with Crippen LogP contribution in [0.25, 0.3) is 0 Å². The lowest BCUT2D eigenvalue weighted by Gasteiger charge is -2.25. The quantitative estimate of drug-likeness (QED) is 0.625. The Morgan fingerprint density at radius 2 is 1.93 bits per heavy atom. The summed E-state index contributed by atoms with van der Waals surface area (Å²) in [4.78, 5) is 0. The topological polar surface area (TPSA) is 12.0 Å². The highest BCUT2D eigenvalue weighted by Crippen LogP contribution is 2.21. The van der Waals surface area contributed by atoms with Crippen LogP contribution in [-0.2, 0) is 0 Å². The van der Waals surface area contributed by atoms with Crippen molar-refractivity contribution < 1.29 is 0 Å². The number of hydrogen-bond acceptors (Lipinski definition) is 2. The van der Waals surface area contributed by atoms with Crippen LogP contribution < -0.4 is 5.32 Å². The summed E-state index contributed by atoms with van der Waals surface area (Å²) in [7, 11) is 0. The Morgan fingerprint density at radius 1 is 1.29 bits per heavy atom. The summed E-state index contributed by atoms with van der Waals surface area (Å²) in [5.41, 5.74) is 0.455. The molecule has 86 valence electrons. The van der Waals surface area contributed by atoms with Crippen LogP contribution in [0.1, 0.15) is 41.0 Å². The maximum Gasteiger partial charge on any atom is 0.000292 e. The van der Waals surface area contributed by atoms with E-state index in [0.717, 1.165) is 19.0 Å². The summed E-state index contributed by atoms with van der Waals surface area (Å²) in [6, 6.07) is 0. The molecule has 0 atom stereocenters. The molecular formula is C12H27NS. The van der Waals surface area contributed by atoms with Crippen molar-refractivity contribution >= 4 is 11.8 Å². The smallest absolute Gasteiger partial charge is 0.000292 e. The van der Waals surface area contributed by atoms with E-state index >= 15 is 0 Å². The van der Waals surface area contributed by atoms with Crippen LogP contribution in [-0.4, -0.2) is 24.6 Å². The third-order valence-electron chi connectivity index (χ3n) is 2.28. The molecule has 0 aromatic carbocycles. The van der Waals surface area contributed by atoms with Gasteiger partial charge in [0.25, 0.3) is 0 Å². The lowest BCUT2D eigenvalue weighted by molar-refractivity contribution is 0.324. The van der Waals surface area contributed by atoms with Gasteiger partial charge in [-0.25, -0.2) is 0 Å². The number of hydrogen-bond donors (Lipinski definition) is 1. The van der Waals surface area contributed by atoms with Crippen molar-refractivity contribution in [2.45, 2.75) is 41.0 Å².